The number of hydrogen-bond donors (Lipinski definition) is 1. The molecule has 0 aliphatic carbocycles. The van der Waals surface area contributed by atoms with Crippen LogP contribution in [0.1, 0.15) is 11.1 Å². The Bertz CT molecular complexity index is 1650. The van der Waals surface area contributed by atoms with Crippen molar-refractivity contribution in [2.75, 3.05) is 6.54 Å². The maximum absolute atomic E-state index is 13.5. The lowest BCUT2D eigenvalue weighted by Gasteiger charge is -2.22. The van der Waals surface area contributed by atoms with E-state index in [0.29, 0.717) is 16.8 Å². The first-order chi connectivity index (χ1) is 18.0. The fraction of sp³-hybridized carbons (Fsp3) is 0.154. The molecule has 0 saturated carbocycles. The predicted octanol–water partition coefficient (Wildman–Crippen LogP) is 4.90. The summed E-state index contributed by atoms with van der Waals surface area (Å²) >= 11 is 0. The SMILES string of the molecule is O=C(NCc1ccnc(-c2ccc(C(F)(F)F)cc2)c1)C1C=CCN1S(=O)(=O)c1cc2cc(F)ccc2o1. The summed E-state index contributed by atoms with van der Waals surface area (Å²) in [6, 6.07) is 11.5. The molecule has 0 radical (unpaired) electrons. The fourth-order valence-corrected chi connectivity index (χ4v) is 5.52. The maximum Gasteiger partial charge on any atom is 0.416 e. The van der Waals surface area contributed by atoms with E-state index < -0.39 is 44.6 Å². The number of pyridine rings is 1. The van der Waals surface area contributed by atoms with Crippen LogP contribution in [0.25, 0.3) is 22.2 Å². The summed E-state index contributed by atoms with van der Waals surface area (Å²) in [7, 11) is -4.22. The lowest BCUT2D eigenvalue weighted by atomic mass is 10.1. The number of carbonyl (C=O) groups is 1. The summed E-state index contributed by atoms with van der Waals surface area (Å²) < 4.78 is 84.8. The van der Waals surface area contributed by atoms with Gasteiger partial charge in [-0.05, 0) is 48.0 Å². The number of hydrogen-bond acceptors (Lipinski definition) is 5. The van der Waals surface area contributed by atoms with Gasteiger partial charge in [0.05, 0.1) is 11.3 Å². The molecule has 1 unspecified atom stereocenters. The Balaban J connectivity index is 1.29. The van der Waals surface area contributed by atoms with Crippen LogP contribution in [0.5, 0.6) is 0 Å². The first-order valence-corrected chi connectivity index (χ1v) is 12.7. The zero-order valence-corrected chi connectivity index (χ0v) is 20.3. The number of rotatable bonds is 6. The molecule has 7 nitrogen and oxygen atoms in total. The van der Waals surface area contributed by atoms with Gasteiger partial charge in [-0.1, -0.05) is 24.3 Å². The topological polar surface area (TPSA) is 92.5 Å². The van der Waals surface area contributed by atoms with Gasteiger partial charge in [-0.3, -0.25) is 9.78 Å². The van der Waals surface area contributed by atoms with Crippen LogP contribution in [0.2, 0.25) is 0 Å². The van der Waals surface area contributed by atoms with Crippen molar-refractivity contribution < 1.29 is 35.2 Å². The number of furan rings is 1. The third kappa shape index (κ3) is 5.04. The van der Waals surface area contributed by atoms with Crippen molar-refractivity contribution >= 4 is 26.9 Å². The molecule has 0 fully saturated rings. The molecule has 0 spiro atoms. The second-order valence-corrected chi connectivity index (χ2v) is 10.4. The minimum absolute atomic E-state index is 0.0249. The van der Waals surface area contributed by atoms with Crippen molar-refractivity contribution in [3.63, 3.8) is 0 Å². The van der Waals surface area contributed by atoms with Crippen LogP contribution in [0, 0.1) is 5.82 Å². The highest BCUT2D eigenvalue weighted by atomic mass is 32.2. The number of aromatic nitrogens is 1. The molecule has 1 N–H and O–H groups in total. The number of fused-ring (bicyclic) bond motifs is 1. The highest BCUT2D eigenvalue weighted by Crippen LogP contribution is 2.31. The number of sulfonamides is 1. The van der Waals surface area contributed by atoms with Gasteiger partial charge >= 0.3 is 6.18 Å². The minimum Gasteiger partial charge on any atom is -0.443 e. The van der Waals surface area contributed by atoms with E-state index in [4.69, 9.17) is 4.42 Å². The van der Waals surface area contributed by atoms with Crippen LogP contribution in [0.15, 0.2) is 88.5 Å². The van der Waals surface area contributed by atoms with E-state index in [9.17, 15) is 30.8 Å². The van der Waals surface area contributed by atoms with Crippen LogP contribution in [0.3, 0.4) is 0 Å². The van der Waals surface area contributed by atoms with Gasteiger partial charge in [-0.15, -0.1) is 0 Å². The van der Waals surface area contributed by atoms with E-state index in [2.05, 4.69) is 10.3 Å². The molecule has 38 heavy (non-hydrogen) atoms. The van der Waals surface area contributed by atoms with Crippen LogP contribution < -0.4 is 5.32 Å². The molecule has 12 heteroatoms. The smallest absolute Gasteiger partial charge is 0.416 e. The zero-order chi connectivity index (χ0) is 27.1. The Labute approximate surface area is 214 Å². The number of halogens is 4. The molecule has 5 rings (SSSR count). The average Bonchev–Trinajstić information content (AvgIpc) is 3.55. The number of alkyl halides is 3. The summed E-state index contributed by atoms with van der Waals surface area (Å²) in [4.78, 5) is 17.1. The zero-order valence-electron chi connectivity index (χ0n) is 19.4. The van der Waals surface area contributed by atoms with Gasteiger partial charge in [0.2, 0.25) is 11.0 Å². The molecule has 1 aliphatic heterocycles. The van der Waals surface area contributed by atoms with Crippen LogP contribution in [-0.2, 0) is 27.5 Å². The van der Waals surface area contributed by atoms with Crippen LogP contribution in [-0.4, -0.2) is 36.2 Å². The maximum atomic E-state index is 13.5. The third-order valence-corrected chi connectivity index (χ3v) is 7.70. The second-order valence-electron chi connectivity index (χ2n) is 8.54. The Morgan fingerprint density at radius 1 is 1.08 bits per heavy atom. The lowest BCUT2D eigenvalue weighted by Crippen LogP contribution is -2.45. The van der Waals surface area contributed by atoms with Crippen molar-refractivity contribution in [3.05, 3.63) is 96.0 Å². The van der Waals surface area contributed by atoms with Gasteiger partial charge < -0.3 is 9.73 Å². The molecular formula is C26H19F4N3O4S. The molecule has 1 aliphatic rings. The highest BCUT2D eigenvalue weighted by molar-refractivity contribution is 7.89. The van der Waals surface area contributed by atoms with Gasteiger partial charge in [0, 0.05) is 36.3 Å². The number of nitrogens with one attached hydrogen (secondary N) is 1. The summed E-state index contributed by atoms with van der Waals surface area (Å²) in [5, 5.41) is 2.55. The molecule has 4 aromatic rings. The number of nitrogens with zero attached hydrogens (tertiary/aromatic N) is 2. The first kappa shape index (κ1) is 25.6. The van der Waals surface area contributed by atoms with Crippen molar-refractivity contribution in [1.82, 2.24) is 14.6 Å². The monoisotopic (exact) mass is 545 g/mol. The van der Waals surface area contributed by atoms with Crippen LogP contribution >= 0.6 is 0 Å². The van der Waals surface area contributed by atoms with Gasteiger partial charge in [0.15, 0.2) is 0 Å². The molecule has 0 bridgehead atoms. The predicted molar refractivity (Wildman–Crippen MR) is 130 cm³/mol. The van der Waals surface area contributed by atoms with Gasteiger partial charge in [0.25, 0.3) is 10.0 Å². The highest BCUT2D eigenvalue weighted by Gasteiger charge is 2.38. The average molecular weight is 546 g/mol. The largest absolute Gasteiger partial charge is 0.443 e. The Morgan fingerprint density at radius 2 is 1.84 bits per heavy atom. The number of carbonyl (C=O) groups excluding carboxylic acids is 1. The fourth-order valence-electron chi connectivity index (χ4n) is 4.07. The van der Waals surface area contributed by atoms with Gasteiger partial charge in [-0.25, -0.2) is 12.8 Å². The molecule has 196 valence electrons. The van der Waals surface area contributed by atoms with Gasteiger partial charge in [0.1, 0.15) is 17.4 Å². The molecule has 2 aromatic heterocycles. The molecular weight excluding hydrogens is 526 g/mol. The standard InChI is InChI=1S/C26H19F4N3O4S/c27-20-7-8-23-18(13-20)14-24(37-23)38(35,36)33-11-1-2-22(33)25(34)32-15-16-9-10-31-21(12-16)17-3-5-19(6-4-17)26(28,29)30/h1-10,12-14,22H,11,15H2,(H,32,34). The molecule has 0 saturated heterocycles. The first-order valence-electron chi connectivity index (χ1n) is 11.3. The quantitative estimate of drug-likeness (QED) is 0.275. The van der Waals surface area contributed by atoms with E-state index in [0.717, 1.165) is 28.6 Å². The summed E-state index contributed by atoms with van der Waals surface area (Å²) in [6.07, 6.45) is 0.0102. The molecule has 1 amide bonds. The van der Waals surface area contributed by atoms with Crippen molar-refractivity contribution in [3.8, 4) is 11.3 Å². The lowest BCUT2D eigenvalue weighted by molar-refractivity contribution is -0.137. The van der Waals surface area contributed by atoms with E-state index in [1.54, 1.807) is 18.2 Å². The molecule has 2 aromatic carbocycles. The van der Waals surface area contributed by atoms with E-state index in [1.165, 1.54) is 36.5 Å². The summed E-state index contributed by atoms with van der Waals surface area (Å²) in [5.41, 5.74) is 0.909. The second kappa shape index (κ2) is 9.69. The van der Waals surface area contributed by atoms with Gasteiger partial charge in [-0.2, -0.15) is 17.5 Å². The Morgan fingerprint density at radius 3 is 2.58 bits per heavy atom. The van der Waals surface area contributed by atoms with E-state index in [1.807, 2.05) is 0 Å². The number of amides is 1. The minimum atomic E-state index is -4.45. The third-order valence-electron chi connectivity index (χ3n) is 6.00. The Hall–Kier alpha value is -4.03. The normalized spacial score (nSPS) is 16.3. The van der Waals surface area contributed by atoms with E-state index >= 15 is 0 Å². The summed E-state index contributed by atoms with van der Waals surface area (Å²) in [5.74, 6) is -1.13. The Kier molecular flexibility index (Phi) is 6.53. The van der Waals surface area contributed by atoms with Crippen molar-refractivity contribution in [2.45, 2.75) is 23.9 Å². The van der Waals surface area contributed by atoms with Crippen molar-refractivity contribution in [2.24, 2.45) is 0 Å². The number of benzene rings is 2. The van der Waals surface area contributed by atoms with Crippen molar-refractivity contribution in [1.29, 1.82) is 0 Å². The van der Waals surface area contributed by atoms with E-state index in [-0.39, 0.29) is 24.1 Å². The van der Waals surface area contributed by atoms with Crippen LogP contribution in [0.4, 0.5) is 17.6 Å². The molecule has 1 atom stereocenters. The molecule has 3 heterocycles. The summed E-state index contributed by atoms with van der Waals surface area (Å²) in [6.45, 7) is -0.0315.